The van der Waals surface area contributed by atoms with Gasteiger partial charge in [0.1, 0.15) is 10.6 Å². The minimum absolute atomic E-state index is 0.0329. The molecule has 23 heavy (non-hydrogen) atoms. The first-order valence-electron chi connectivity index (χ1n) is 7.61. The van der Waals surface area contributed by atoms with E-state index in [1.165, 1.54) is 16.4 Å². The van der Waals surface area contributed by atoms with Gasteiger partial charge in [0.2, 0.25) is 15.9 Å². The van der Waals surface area contributed by atoms with Gasteiger partial charge in [-0.25, -0.2) is 8.42 Å². The van der Waals surface area contributed by atoms with E-state index in [-0.39, 0.29) is 16.6 Å². The molecule has 1 rings (SSSR count). The molecular weight excluding hydrogens is 318 g/mol. The molecule has 0 fully saturated rings. The lowest BCUT2D eigenvalue weighted by Crippen LogP contribution is -2.33. The zero-order valence-electron chi connectivity index (χ0n) is 14.0. The van der Waals surface area contributed by atoms with Crippen LogP contribution in [0.3, 0.4) is 0 Å². The van der Waals surface area contributed by atoms with Crippen LogP contribution in [-0.4, -0.2) is 44.4 Å². The fourth-order valence-electron chi connectivity index (χ4n) is 2.02. The van der Waals surface area contributed by atoms with Gasteiger partial charge >= 0.3 is 0 Å². The summed E-state index contributed by atoms with van der Waals surface area (Å²) in [5.41, 5.74) is 5.88. The van der Waals surface area contributed by atoms with Crippen molar-refractivity contribution in [3.05, 3.63) is 18.2 Å². The zero-order chi connectivity index (χ0) is 17.6. The third kappa shape index (κ3) is 4.66. The third-order valence-corrected chi connectivity index (χ3v) is 5.32. The van der Waals surface area contributed by atoms with Gasteiger partial charge in [-0.2, -0.15) is 4.31 Å². The summed E-state index contributed by atoms with van der Waals surface area (Å²) >= 11 is 0. The summed E-state index contributed by atoms with van der Waals surface area (Å²) in [6.45, 7) is 7.90. The molecule has 0 aliphatic rings. The Kier molecular flexibility index (Phi) is 6.99. The number of anilines is 1. The second-order valence-electron chi connectivity index (χ2n) is 4.96. The second-order valence-corrected chi connectivity index (χ2v) is 6.87. The maximum absolute atomic E-state index is 12.8. The topological polar surface area (TPSA) is 102 Å². The van der Waals surface area contributed by atoms with E-state index in [0.29, 0.717) is 25.4 Å². The molecule has 0 heterocycles. The number of amides is 1. The number of sulfonamides is 1. The molecule has 130 valence electrons. The molecule has 1 aromatic rings. The summed E-state index contributed by atoms with van der Waals surface area (Å²) in [4.78, 5) is 11.7. The Morgan fingerprint density at radius 1 is 1.30 bits per heavy atom. The van der Waals surface area contributed by atoms with E-state index in [2.05, 4.69) is 5.32 Å². The summed E-state index contributed by atoms with van der Waals surface area (Å²) in [6, 6.07) is 3.84. The van der Waals surface area contributed by atoms with E-state index < -0.39 is 16.1 Å². The normalized spacial score (nSPS) is 13.0. The molecule has 0 unspecified atom stereocenters. The molecule has 0 aromatic heterocycles. The van der Waals surface area contributed by atoms with Gasteiger partial charge in [-0.3, -0.25) is 4.79 Å². The molecule has 0 saturated carbocycles. The van der Waals surface area contributed by atoms with Crippen molar-refractivity contribution in [3.8, 4) is 5.75 Å². The van der Waals surface area contributed by atoms with Crippen LogP contribution in [0.4, 0.5) is 5.69 Å². The molecule has 7 nitrogen and oxygen atoms in total. The number of rotatable bonds is 8. The third-order valence-electron chi connectivity index (χ3n) is 3.25. The Labute approximate surface area is 137 Å². The van der Waals surface area contributed by atoms with E-state index >= 15 is 0 Å². The van der Waals surface area contributed by atoms with Gasteiger partial charge < -0.3 is 15.8 Å². The molecule has 0 spiro atoms. The number of benzene rings is 1. The van der Waals surface area contributed by atoms with Crippen LogP contribution >= 0.6 is 0 Å². The van der Waals surface area contributed by atoms with Gasteiger partial charge in [-0.15, -0.1) is 0 Å². The lowest BCUT2D eigenvalue weighted by molar-refractivity contribution is -0.117. The van der Waals surface area contributed by atoms with Crippen molar-refractivity contribution in [3.63, 3.8) is 0 Å². The van der Waals surface area contributed by atoms with Crippen LogP contribution in [0.15, 0.2) is 23.1 Å². The van der Waals surface area contributed by atoms with Crippen molar-refractivity contribution in [1.82, 2.24) is 4.31 Å². The van der Waals surface area contributed by atoms with Gasteiger partial charge in [-0.05, 0) is 32.0 Å². The highest BCUT2D eigenvalue weighted by atomic mass is 32.2. The first-order valence-corrected chi connectivity index (χ1v) is 9.05. The van der Waals surface area contributed by atoms with Crippen molar-refractivity contribution >= 4 is 21.6 Å². The van der Waals surface area contributed by atoms with Crippen LogP contribution in [0.1, 0.15) is 27.7 Å². The second kappa shape index (κ2) is 8.28. The van der Waals surface area contributed by atoms with Crippen LogP contribution in [0.25, 0.3) is 0 Å². The van der Waals surface area contributed by atoms with Crippen LogP contribution in [0.2, 0.25) is 0 Å². The van der Waals surface area contributed by atoms with Crippen molar-refractivity contribution in [1.29, 1.82) is 0 Å². The number of nitrogens with zero attached hydrogens (tertiary/aromatic N) is 1. The van der Waals surface area contributed by atoms with Gasteiger partial charge in [0.15, 0.2) is 0 Å². The molecule has 0 aliphatic heterocycles. The number of nitrogens with two attached hydrogens (primary N) is 1. The van der Waals surface area contributed by atoms with Gasteiger partial charge in [-0.1, -0.05) is 13.8 Å². The predicted molar refractivity (Wildman–Crippen MR) is 90.0 cm³/mol. The van der Waals surface area contributed by atoms with Crippen LogP contribution < -0.4 is 15.8 Å². The van der Waals surface area contributed by atoms with E-state index in [9.17, 15) is 13.2 Å². The number of ether oxygens (including phenoxy) is 1. The van der Waals surface area contributed by atoms with E-state index in [4.69, 9.17) is 10.5 Å². The Balaban J connectivity index is 3.33. The predicted octanol–water partition coefficient (Wildman–Crippen LogP) is 1.40. The van der Waals surface area contributed by atoms with Gasteiger partial charge in [0.05, 0.1) is 12.6 Å². The quantitative estimate of drug-likeness (QED) is 0.743. The molecule has 0 saturated heterocycles. The largest absolute Gasteiger partial charge is 0.492 e. The zero-order valence-corrected chi connectivity index (χ0v) is 14.8. The lowest BCUT2D eigenvalue weighted by atomic mass is 10.2. The van der Waals surface area contributed by atoms with E-state index in [1.807, 2.05) is 0 Å². The summed E-state index contributed by atoms with van der Waals surface area (Å²) in [5, 5.41) is 2.60. The molecule has 0 bridgehead atoms. The summed E-state index contributed by atoms with van der Waals surface area (Å²) in [5.74, 6) is -0.126. The number of carbonyl (C=O) groups is 1. The SMILES string of the molecule is CCOc1ccc(NC(=O)[C@H](C)N)cc1S(=O)(=O)N(CC)CC. The number of hydrogen-bond acceptors (Lipinski definition) is 5. The maximum atomic E-state index is 12.8. The molecule has 1 atom stereocenters. The molecule has 0 radical (unpaired) electrons. The molecule has 3 N–H and O–H groups in total. The molecule has 8 heteroatoms. The fourth-order valence-corrected chi connectivity index (χ4v) is 3.64. The molecule has 1 amide bonds. The molecule has 0 aliphatic carbocycles. The first-order chi connectivity index (χ1) is 10.8. The number of nitrogens with one attached hydrogen (secondary N) is 1. The fraction of sp³-hybridized carbons (Fsp3) is 0.533. The standard InChI is InChI=1S/C15H25N3O4S/c1-5-18(6-2)23(20,21)14-10-12(17-15(19)11(4)16)8-9-13(14)22-7-3/h8-11H,5-7,16H2,1-4H3,(H,17,19)/t11-/m0/s1. The summed E-state index contributed by atoms with van der Waals surface area (Å²) in [6.07, 6.45) is 0. The lowest BCUT2D eigenvalue weighted by Gasteiger charge is -2.21. The Hall–Kier alpha value is -1.64. The van der Waals surface area contributed by atoms with Crippen molar-refractivity contribution in [2.45, 2.75) is 38.6 Å². The highest BCUT2D eigenvalue weighted by Crippen LogP contribution is 2.30. The highest BCUT2D eigenvalue weighted by Gasteiger charge is 2.26. The molecule has 1 aromatic carbocycles. The van der Waals surface area contributed by atoms with Gasteiger partial charge in [0.25, 0.3) is 0 Å². The average molecular weight is 343 g/mol. The Morgan fingerprint density at radius 2 is 1.91 bits per heavy atom. The number of carbonyl (C=O) groups excluding carboxylic acids is 1. The number of hydrogen-bond donors (Lipinski definition) is 2. The summed E-state index contributed by atoms with van der Waals surface area (Å²) < 4.78 is 32.3. The van der Waals surface area contributed by atoms with Crippen LogP contribution in [0, 0.1) is 0 Å². The van der Waals surface area contributed by atoms with Crippen LogP contribution in [0.5, 0.6) is 5.75 Å². The minimum atomic E-state index is -3.71. The smallest absolute Gasteiger partial charge is 0.246 e. The Morgan fingerprint density at radius 3 is 2.39 bits per heavy atom. The van der Waals surface area contributed by atoms with E-state index in [0.717, 1.165) is 0 Å². The maximum Gasteiger partial charge on any atom is 0.246 e. The van der Waals surface area contributed by atoms with Gasteiger partial charge in [0, 0.05) is 18.8 Å². The highest BCUT2D eigenvalue weighted by molar-refractivity contribution is 7.89. The van der Waals surface area contributed by atoms with Crippen molar-refractivity contribution < 1.29 is 17.9 Å². The first kappa shape index (κ1) is 19.4. The van der Waals surface area contributed by atoms with Crippen LogP contribution in [-0.2, 0) is 14.8 Å². The monoisotopic (exact) mass is 343 g/mol. The van der Waals surface area contributed by atoms with Crippen molar-refractivity contribution in [2.24, 2.45) is 5.73 Å². The summed E-state index contributed by atoms with van der Waals surface area (Å²) in [7, 11) is -3.71. The van der Waals surface area contributed by atoms with E-state index in [1.54, 1.807) is 33.8 Å². The average Bonchev–Trinajstić information content (AvgIpc) is 2.49. The molecular formula is C15H25N3O4S. The minimum Gasteiger partial charge on any atom is -0.492 e. The van der Waals surface area contributed by atoms with Crippen molar-refractivity contribution in [2.75, 3.05) is 25.0 Å². The Bertz CT molecular complexity index is 640.